The molecule has 1 aromatic heterocycles. The van der Waals surface area contributed by atoms with Gasteiger partial charge in [0.1, 0.15) is 6.04 Å². The van der Waals surface area contributed by atoms with Gasteiger partial charge >= 0.3 is 0 Å². The normalized spacial score (nSPS) is 16.6. The number of nitrogens with zero attached hydrogens (tertiary/aromatic N) is 1. The lowest BCUT2D eigenvalue weighted by Crippen LogP contribution is -2.33. The summed E-state index contributed by atoms with van der Waals surface area (Å²) in [5.74, 6) is 0.0340. The molecule has 1 aromatic rings. The van der Waals surface area contributed by atoms with Crippen molar-refractivity contribution in [1.29, 1.82) is 0 Å². The Balaban J connectivity index is 2.22. The van der Waals surface area contributed by atoms with Crippen LogP contribution in [0.25, 0.3) is 0 Å². The average Bonchev–Trinajstić information content (AvgIpc) is 3.04. The molecule has 4 heteroatoms. The molecule has 0 spiro atoms. The van der Waals surface area contributed by atoms with Crippen LogP contribution in [0, 0.1) is 13.8 Å². The Bertz CT molecular complexity index is 458. The lowest BCUT2D eigenvalue weighted by Gasteiger charge is -2.18. The van der Waals surface area contributed by atoms with E-state index in [0.717, 1.165) is 30.5 Å². The Kier molecular flexibility index (Phi) is 3.05. The van der Waals surface area contributed by atoms with E-state index in [2.05, 4.69) is 5.32 Å². The number of carbonyl (C=O) groups is 2. The minimum atomic E-state index is -0.260. The van der Waals surface area contributed by atoms with E-state index in [1.807, 2.05) is 31.4 Å². The molecule has 1 saturated carbocycles. The molecular weight excluding hydrogens is 216 g/mol. The summed E-state index contributed by atoms with van der Waals surface area (Å²) in [4.78, 5) is 22.8. The zero-order valence-electron chi connectivity index (χ0n) is 10.5. The highest BCUT2D eigenvalue weighted by Gasteiger charge is 2.27. The summed E-state index contributed by atoms with van der Waals surface area (Å²) < 4.78 is 1.92. The minimum Gasteiger partial charge on any atom is -0.352 e. The van der Waals surface area contributed by atoms with Crippen molar-refractivity contribution in [3.8, 4) is 0 Å². The molecule has 4 nitrogen and oxygen atoms in total. The smallest absolute Gasteiger partial charge is 0.242 e. The van der Waals surface area contributed by atoms with E-state index in [4.69, 9.17) is 0 Å². The fourth-order valence-electron chi connectivity index (χ4n) is 2.18. The number of rotatable bonds is 4. The molecule has 0 radical (unpaired) electrons. The predicted octanol–water partition coefficient (Wildman–Crippen LogP) is 1.76. The maximum absolute atomic E-state index is 12.0. The van der Waals surface area contributed by atoms with Crippen molar-refractivity contribution in [1.82, 2.24) is 9.88 Å². The van der Waals surface area contributed by atoms with Crippen LogP contribution in [0.4, 0.5) is 0 Å². The summed E-state index contributed by atoms with van der Waals surface area (Å²) in [6.07, 6.45) is 3.01. The summed E-state index contributed by atoms with van der Waals surface area (Å²) in [6, 6.07) is 1.93. The lowest BCUT2D eigenvalue weighted by molar-refractivity contribution is -0.124. The topological polar surface area (TPSA) is 51.1 Å². The number of amides is 1. The maximum atomic E-state index is 12.0. The van der Waals surface area contributed by atoms with Gasteiger partial charge in [-0.25, -0.2) is 0 Å². The first-order valence-electron chi connectivity index (χ1n) is 5.98. The first-order chi connectivity index (χ1) is 8.04. The second-order valence-electron chi connectivity index (χ2n) is 4.77. The molecular formula is C13H18N2O2. The van der Waals surface area contributed by atoms with E-state index in [9.17, 15) is 9.59 Å². The van der Waals surface area contributed by atoms with E-state index in [-0.39, 0.29) is 11.9 Å². The van der Waals surface area contributed by atoms with Crippen molar-refractivity contribution in [2.45, 2.75) is 45.7 Å². The first kappa shape index (κ1) is 11.9. The largest absolute Gasteiger partial charge is 0.352 e. The van der Waals surface area contributed by atoms with Gasteiger partial charge < -0.3 is 9.88 Å². The van der Waals surface area contributed by atoms with E-state index >= 15 is 0 Å². The predicted molar refractivity (Wildman–Crippen MR) is 65.2 cm³/mol. The van der Waals surface area contributed by atoms with Gasteiger partial charge in [-0.05, 0) is 39.7 Å². The quantitative estimate of drug-likeness (QED) is 0.807. The van der Waals surface area contributed by atoms with Crippen LogP contribution in [0.2, 0.25) is 0 Å². The maximum Gasteiger partial charge on any atom is 0.242 e. The second kappa shape index (κ2) is 4.35. The SMILES string of the molecule is Cc1cc(C=O)c(C)n1C(C)C(=O)NC1CC1. The molecule has 2 rings (SSSR count). The zero-order valence-corrected chi connectivity index (χ0v) is 10.5. The number of hydrogen-bond donors (Lipinski definition) is 1. The van der Waals surface area contributed by atoms with Gasteiger partial charge in [0.2, 0.25) is 5.91 Å². The Morgan fingerprint density at radius 2 is 2.18 bits per heavy atom. The third kappa shape index (κ3) is 2.25. The molecule has 0 aromatic carbocycles. The molecule has 1 fully saturated rings. The van der Waals surface area contributed by atoms with E-state index < -0.39 is 0 Å². The van der Waals surface area contributed by atoms with E-state index in [0.29, 0.717) is 11.6 Å². The van der Waals surface area contributed by atoms with Gasteiger partial charge in [-0.15, -0.1) is 0 Å². The highest BCUT2D eigenvalue weighted by molar-refractivity contribution is 5.82. The molecule has 1 N–H and O–H groups in total. The number of nitrogens with one attached hydrogen (secondary N) is 1. The van der Waals surface area contributed by atoms with Gasteiger partial charge in [0.05, 0.1) is 0 Å². The van der Waals surface area contributed by atoms with Gasteiger partial charge in [-0.2, -0.15) is 0 Å². The summed E-state index contributed by atoms with van der Waals surface area (Å²) in [6.45, 7) is 5.66. The van der Waals surface area contributed by atoms with Crippen LogP contribution in [0.15, 0.2) is 6.07 Å². The summed E-state index contributed by atoms with van der Waals surface area (Å²) in [7, 11) is 0. The van der Waals surface area contributed by atoms with Crippen LogP contribution < -0.4 is 5.32 Å². The molecule has 1 aliphatic rings. The van der Waals surface area contributed by atoms with Gasteiger partial charge in [-0.1, -0.05) is 0 Å². The van der Waals surface area contributed by atoms with Gasteiger partial charge in [-0.3, -0.25) is 9.59 Å². The van der Waals surface area contributed by atoms with Crippen LogP contribution in [-0.4, -0.2) is 22.8 Å². The molecule has 0 aliphatic heterocycles. The molecule has 17 heavy (non-hydrogen) atoms. The monoisotopic (exact) mass is 234 g/mol. The summed E-state index contributed by atoms with van der Waals surface area (Å²) in [5, 5.41) is 2.99. The molecule has 1 aliphatic carbocycles. The van der Waals surface area contributed by atoms with Crippen molar-refractivity contribution in [2.75, 3.05) is 0 Å². The van der Waals surface area contributed by atoms with Crippen LogP contribution in [-0.2, 0) is 4.79 Å². The highest BCUT2D eigenvalue weighted by atomic mass is 16.2. The molecule has 0 bridgehead atoms. The highest BCUT2D eigenvalue weighted by Crippen LogP contribution is 2.22. The Hall–Kier alpha value is -1.58. The van der Waals surface area contributed by atoms with Gasteiger partial charge in [0, 0.05) is 23.0 Å². The van der Waals surface area contributed by atoms with Crippen molar-refractivity contribution in [2.24, 2.45) is 0 Å². The van der Waals surface area contributed by atoms with Crippen molar-refractivity contribution >= 4 is 12.2 Å². The lowest BCUT2D eigenvalue weighted by atomic mass is 10.2. The Morgan fingerprint density at radius 1 is 1.53 bits per heavy atom. The fourth-order valence-corrected chi connectivity index (χ4v) is 2.18. The molecule has 92 valence electrons. The molecule has 1 heterocycles. The van der Waals surface area contributed by atoms with Crippen molar-refractivity contribution in [3.63, 3.8) is 0 Å². The summed E-state index contributed by atoms with van der Waals surface area (Å²) in [5.41, 5.74) is 2.47. The first-order valence-corrected chi connectivity index (χ1v) is 5.98. The van der Waals surface area contributed by atoms with Crippen LogP contribution in [0.1, 0.15) is 47.6 Å². The zero-order chi connectivity index (χ0) is 12.6. The van der Waals surface area contributed by atoms with Crippen molar-refractivity contribution in [3.05, 3.63) is 23.0 Å². The van der Waals surface area contributed by atoms with Crippen LogP contribution >= 0.6 is 0 Å². The average molecular weight is 234 g/mol. The number of hydrogen-bond acceptors (Lipinski definition) is 2. The van der Waals surface area contributed by atoms with Crippen LogP contribution in [0.5, 0.6) is 0 Å². The van der Waals surface area contributed by atoms with Gasteiger partial charge in [0.15, 0.2) is 6.29 Å². The molecule has 0 saturated heterocycles. The van der Waals surface area contributed by atoms with E-state index in [1.165, 1.54) is 0 Å². The Morgan fingerprint density at radius 3 is 2.65 bits per heavy atom. The number of aldehydes is 1. The Labute approximate surface area is 101 Å². The van der Waals surface area contributed by atoms with Gasteiger partial charge in [0.25, 0.3) is 0 Å². The molecule has 1 unspecified atom stereocenters. The third-order valence-corrected chi connectivity index (χ3v) is 3.34. The van der Waals surface area contributed by atoms with Crippen LogP contribution in [0.3, 0.4) is 0 Å². The number of aryl methyl sites for hydroxylation is 1. The fraction of sp³-hybridized carbons (Fsp3) is 0.538. The summed E-state index contributed by atoms with van der Waals surface area (Å²) >= 11 is 0. The third-order valence-electron chi connectivity index (χ3n) is 3.34. The second-order valence-corrected chi connectivity index (χ2v) is 4.77. The van der Waals surface area contributed by atoms with Crippen molar-refractivity contribution < 1.29 is 9.59 Å². The number of aromatic nitrogens is 1. The molecule has 1 amide bonds. The standard InChI is InChI=1S/C13H18N2O2/c1-8-6-11(7-16)9(2)15(8)10(3)13(17)14-12-4-5-12/h6-7,10,12H,4-5H2,1-3H3,(H,14,17). The number of carbonyl (C=O) groups excluding carboxylic acids is 2. The minimum absolute atomic E-state index is 0.0340. The molecule has 1 atom stereocenters. The van der Waals surface area contributed by atoms with E-state index in [1.54, 1.807) is 0 Å².